The van der Waals surface area contributed by atoms with Gasteiger partial charge < -0.3 is 15.2 Å². The van der Waals surface area contributed by atoms with Gasteiger partial charge >= 0.3 is 0 Å². The molecule has 0 bridgehead atoms. The number of nitrogens with zero attached hydrogens (tertiary/aromatic N) is 6. The Morgan fingerprint density at radius 2 is 1.91 bits per heavy atom. The van der Waals surface area contributed by atoms with Crippen LogP contribution in [0.2, 0.25) is 0 Å². The SMILES string of the molecule is C=Nc1cc(/C=C\C=C/C)c(N=C2C3=C(CCC=C3)C(N=C3CN=C(NC(=NC)c4ccccc4C)C4=C3CCC=C4)N2C)[nH]1. The van der Waals surface area contributed by atoms with Gasteiger partial charge in [-0.25, -0.2) is 9.98 Å². The summed E-state index contributed by atoms with van der Waals surface area (Å²) in [4.78, 5) is 29.8. The highest BCUT2D eigenvalue weighted by molar-refractivity contribution is 6.22. The zero-order chi connectivity index (χ0) is 31.3. The predicted octanol–water partition coefficient (Wildman–Crippen LogP) is 7.36. The molecular formula is C37H40N8. The summed E-state index contributed by atoms with van der Waals surface area (Å²) in [6.45, 7) is 8.32. The third kappa shape index (κ3) is 6.00. The van der Waals surface area contributed by atoms with E-state index in [1.807, 2.05) is 56.5 Å². The minimum absolute atomic E-state index is 0.142. The normalized spacial score (nSPS) is 21.9. The summed E-state index contributed by atoms with van der Waals surface area (Å²) in [7, 11) is 3.91. The fraction of sp³-hybridized carbons (Fsp3) is 0.270. The van der Waals surface area contributed by atoms with Crippen LogP contribution in [0.25, 0.3) is 6.08 Å². The van der Waals surface area contributed by atoms with E-state index >= 15 is 0 Å². The summed E-state index contributed by atoms with van der Waals surface area (Å²) in [5.41, 5.74) is 9.04. The number of allylic oxidation sites excluding steroid dienone is 5. The summed E-state index contributed by atoms with van der Waals surface area (Å²) < 4.78 is 0. The molecule has 2 aliphatic heterocycles. The Morgan fingerprint density at radius 1 is 1.11 bits per heavy atom. The zero-order valence-electron chi connectivity index (χ0n) is 26.5. The van der Waals surface area contributed by atoms with Crippen molar-refractivity contribution in [1.29, 1.82) is 0 Å². The highest BCUT2D eigenvalue weighted by Crippen LogP contribution is 2.37. The van der Waals surface area contributed by atoms with Crippen molar-refractivity contribution in [1.82, 2.24) is 15.2 Å². The third-order valence-corrected chi connectivity index (χ3v) is 8.54. The van der Waals surface area contributed by atoms with Crippen molar-refractivity contribution in [2.24, 2.45) is 25.0 Å². The maximum Gasteiger partial charge on any atom is 0.145 e. The number of aromatic amines is 1. The number of hydrogen-bond acceptors (Lipinski definition) is 5. The van der Waals surface area contributed by atoms with Gasteiger partial charge in [-0.3, -0.25) is 15.0 Å². The molecule has 8 nitrogen and oxygen atoms in total. The van der Waals surface area contributed by atoms with E-state index < -0.39 is 0 Å². The molecule has 0 fully saturated rings. The van der Waals surface area contributed by atoms with E-state index in [9.17, 15) is 0 Å². The number of amidine groups is 3. The fourth-order valence-electron chi connectivity index (χ4n) is 6.23. The van der Waals surface area contributed by atoms with Crippen LogP contribution in [-0.4, -0.2) is 66.6 Å². The molecule has 2 aromatic rings. The van der Waals surface area contributed by atoms with Crippen LogP contribution in [0, 0.1) is 6.92 Å². The number of aromatic nitrogens is 1. The molecule has 1 unspecified atom stereocenters. The largest absolute Gasteiger partial charge is 0.334 e. The lowest BCUT2D eigenvalue weighted by atomic mass is 9.90. The van der Waals surface area contributed by atoms with E-state index in [0.717, 1.165) is 77.0 Å². The smallest absolute Gasteiger partial charge is 0.145 e. The lowest BCUT2D eigenvalue weighted by molar-refractivity contribution is 0.432. The van der Waals surface area contributed by atoms with Crippen LogP contribution < -0.4 is 5.32 Å². The van der Waals surface area contributed by atoms with Gasteiger partial charge in [-0.2, -0.15) is 0 Å². The van der Waals surface area contributed by atoms with Gasteiger partial charge in [-0.1, -0.05) is 72.9 Å². The van der Waals surface area contributed by atoms with Gasteiger partial charge in [-0.05, 0) is 69.0 Å². The van der Waals surface area contributed by atoms with Crippen molar-refractivity contribution in [2.45, 2.75) is 45.7 Å². The summed E-state index contributed by atoms with van der Waals surface area (Å²) in [6, 6.07) is 10.3. The van der Waals surface area contributed by atoms with Crippen molar-refractivity contribution in [3.63, 3.8) is 0 Å². The minimum atomic E-state index is -0.142. The zero-order valence-corrected chi connectivity index (χ0v) is 26.5. The molecule has 3 heterocycles. The van der Waals surface area contributed by atoms with E-state index in [0.29, 0.717) is 12.4 Å². The standard InChI is InChI=1S/C37H40N8/c1-6-7-8-16-25-22-32(38-3)42-33(25)44-37-30-21-14-13-20-29(30)36(45(37)5)41-31-23-40-35(28-19-12-11-18-27(28)31)43-34(39-4)26-17-10-9-15-24(26)2/h6-10,12,14-17,19,21-22,36,42H,3,11,13,18,20,23H2,1-2,4-5H3,(H,39,40,43)/b7-6-,16-8-,41-31?,44-37?. The first-order chi connectivity index (χ1) is 22.0. The highest BCUT2D eigenvalue weighted by atomic mass is 15.3. The second-order valence-electron chi connectivity index (χ2n) is 11.4. The van der Waals surface area contributed by atoms with E-state index in [2.05, 4.69) is 82.3 Å². The average molecular weight is 597 g/mol. The molecular weight excluding hydrogens is 556 g/mol. The molecule has 6 rings (SSSR count). The molecule has 45 heavy (non-hydrogen) atoms. The molecule has 8 heteroatoms. The van der Waals surface area contributed by atoms with Gasteiger partial charge in [0.1, 0.15) is 35.3 Å². The highest BCUT2D eigenvalue weighted by Gasteiger charge is 2.36. The fourth-order valence-corrected chi connectivity index (χ4v) is 6.23. The molecule has 1 aromatic heterocycles. The third-order valence-electron chi connectivity index (χ3n) is 8.54. The maximum atomic E-state index is 5.44. The van der Waals surface area contributed by atoms with E-state index in [1.165, 1.54) is 16.7 Å². The number of aryl methyl sites for hydroxylation is 1. The molecule has 2 aliphatic carbocycles. The molecule has 0 saturated carbocycles. The first kappa shape index (κ1) is 29.9. The number of benzene rings is 1. The minimum Gasteiger partial charge on any atom is -0.334 e. The molecule has 0 radical (unpaired) electrons. The van der Waals surface area contributed by atoms with Crippen LogP contribution in [0.1, 0.15) is 49.3 Å². The molecule has 0 saturated heterocycles. The molecule has 228 valence electrons. The lowest BCUT2D eigenvalue weighted by Gasteiger charge is -2.27. The average Bonchev–Trinajstić information content (AvgIpc) is 3.58. The number of rotatable bonds is 6. The Kier molecular flexibility index (Phi) is 8.82. The predicted molar refractivity (Wildman–Crippen MR) is 190 cm³/mol. The molecule has 2 N–H and O–H groups in total. The number of H-pyrrole nitrogens is 1. The molecule has 0 spiro atoms. The van der Waals surface area contributed by atoms with Crippen LogP contribution in [0.4, 0.5) is 11.6 Å². The summed E-state index contributed by atoms with van der Waals surface area (Å²) in [6.07, 6.45) is 20.6. The molecule has 1 aromatic carbocycles. The number of likely N-dealkylation sites (N-methyl/N-ethyl adjacent to an activating group) is 1. The van der Waals surface area contributed by atoms with Crippen molar-refractivity contribution in [3.8, 4) is 0 Å². The number of dihydropyridines is 1. The van der Waals surface area contributed by atoms with Gasteiger partial charge in [0.25, 0.3) is 0 Å². The van der Waals surface area contributed by atoms with Gasteiger partial charge in [0, 0.05) is 36.4 Å². The van der Waals surface area contributed by atoms with Gasteiger partial charge in [0.15, 0.2) is 0 Å². The second-order valence-corrected chi connectivity index (χ2v) is 11.4. The quantitative estimate of drug-likeness (QED) is 0.207. The van der Waals surface area contributed by atoms with Crippen molar-refractivity contribution in [2.75, 3.05) is 20.6 Å². The Hall–Kier alpha value is -5.11. The van der Waals surface area contributed by atoms with Crippen LogP contribution >= 0.6 is 0 Å². The number of hydrogen-bond donors (Lipinski definition) is 2. The maximum absolute atomic E-state index is 5.44. The molecule has 4 aliphatic rings. The van der Waals surface area contributed by atoms with E-state index in [4.69, 9.17) is 15.0 Å². The Morgan fingerprint density at radius 3 is 2.69 bits per heavy atom. The number of aliphatic imine (C=N–C) groups is 5. The van der Waals surface area contributed by atoms with Crippen molar-refractivity contribution < 1.29 is 0 Å². The van der Waals surface area contributed by atoms with Crippen molar-refractivity contribution >= 4 is 47.6 Å². The van der Waals surface area contributed by atoms with Gasteiger partial charge in [0.2, 0.25) is 0 Å². The lowest BCUT2D eigenvalue weighted by Crippen LogP contribution is -2.38. The van der Waals surface area contributed by atoms with Gasteiger partial charge in [0.05, 0.1) is 12.3 Å². The Bertz CT molecular complexity index is 1820. The van der Waals surface area contributed by atoms with Crippen molar-refractivity contribution in [3.05, 3.63) is 112 Å². The summed E-state index contributed by atoms with van der Waals surface area (Å²) >= 11 is 0. The number of nitrogens with one attached hydrogen (secondary N) is 2. The monoisotopic (exact) mass is 596 g/mol. The molecule has 1 atom stereocenters. The molecule has 0 amide bonds. The van der Waals surface area contributed by atoms with Crippen LogP contribution in [-0.2, 0) is 0 Å². The summed E-state index contributed by atoms with van der Waals surface area (Å²) in [5.74, 6) is 4.00. The van der Waals surface area contributed by atoms with Crippen LogP contribution in [0.3, 0.4) is 0 Å². The van der Waals surface area contributed by atoms with E-state index in [-0.39, 0.29) is 6.17 Å². The van der Waals surface area contributed by atoms with Crippen LogP contribution in [0.5, 0.6) is 0 Å². The van der Waals surface area contributed by atoms with Gasteiger partial charge in [-0.15, -0.1) is 0 Å². The second kappa shape index (κ2) is 13.3. The Labute approximate surface area is 265 Å². The topological polar surface area (TPSA) is 92.9 Å². The Balaban J connectivity index is 1.34. The first-order valence-corrected chi connectivity index (χ1v) is 15.5. The van der Waals surface area contributed by atoms with Crippen LogP contribution in [0.15, 0.2) is 120 Å². The van der Waals surface area contributed by atoms with E-state index in [1.54, 1.807) is 0 Å². The summed E-state index contributed by atoms with van der Waals surface area (Å²) in [5, 5.41) is 3.56. The first-order valence-electron chi connectivity index (χ1n) is 15.5.